The summed E-state index contributed by atoms with van der Waals surface area (Å²) in [6, 6.07) is 13.9. The molecule has 2 N–H and O–H groups in total. The lowest BCUT2D eigenvalue weighted by atomic mass is 10.00. The average molecular weight is 440 g/mol. The van der Waals surface area contributed by atoms with Crippen molar-refractivity contribution < 1.29 is 23.9 Å². The SMILES string of the molecule is CCCNC(=O)[C@H]1[C@H](c2cccc(NC(=O)COC)c2)OC(=O)N1Cc1ccc(C)cc1. The Morgan fingerprint density at radius 1 is 1.16 bits per heavy atom. The molecule has 0 aromatic heterocycles. The van der Waals surface area contributed by atoms with Gasteiger partial charge in [-0.1, -0.05) is 48.9 Å². The first-order valence-electron chi connectivity index (χ1n) is 10.6. The van der Waals surface area contributed by atoms with Gasteiger partial charge in [-0.3, -0.25) is 14.5 Å². The number of amides is 3. The van der Waals surface area contributed by atoms with E-state index in [0.29, 0.717) is 17.8 Å². The van der Waals surface area contributed by atoms with E-state index in [1.807, 2.05) is 38.1 Å². The molecule has 0 radical (unpaired) electrons. The Kier molecular flexibility index (Phi) is 7.83. The summed E-state index contributed by atoms with van der Waals surface area (Å²) in [4.78, 5) is 39.2. The Bertz CT molecular complexity index is 960. The molecule has 1 aliphatic heterocycles. The maximum absolute atomic E-state index is 13.1. The molecule has 3 rings (SSSR count). The molecule has 2 aromatic rings. The predicted octanol–water partition coefficient (Wildman–Crippen LogP) is 3.17. The van der Waals surface area contributed by atoms with Crippen LogP contribution in [0.5, 0.6) is 0 Å². The molecule has 1 saturated heterocycles. The number of rotatable bonds is 9. The van der Waals surface area contributed by atoms with Crippen molar-refractivity contribution in [3.8, 4) is 0 Å². The van der Waals surface area contributed by atoms with Gasteiger partial charge in [0.1, 0.15) is 6.61 Å². The normalized spacial score (nSPS) is 17.7. The van der Waals surface area contributed by atoms with E-state index in [1.54, 1.807) is 24.3 Å². The van der Waals surface area contributed by atoms with Crippen LogP contribution in [0.1, 0.15) is 36.1 Å². The molecule has 2 aromatic carbocycles. The minimum atomic E-state index is -0.833. The number of methoxy groups -OCH3 is 1. The molecule has 0 bridgehead atoms. The maximum atomic E-state index is 13.1. The van der Waals surface area contributed by atoms with Crippen molar-refractivity contribution >= 4 is 23.6 Å². The minimum Gasteiger partial charge on any atom is -0.438 e. The second-order valence-electron chi connectivity index (χ2n) is 7.76. The van der Waals surface area contributed by atoms with Gasteiger partial charge in [-0.15, -0.1) is 0 Å². The molecule has 1 heterocycles. The number of nitrogens with one attached hydrogen (secondary N) is 2. The van der Waals surface area contributed by atoms with Crippen molar-refractivity contribution in [2.75, 3.05) is 25.6 Å². The van der Waals surface area contributed by atoms with E-state index in [9.17, 15) is 14.4 Å². The minimum absolute atomic E-state index is 0.0744. The lowest BCUT2D eigenvalue weighted by Crippen LogP contribution is -2.46. The van der Waals surface area contributed by atoms with E-state index in [-0.39, 0.29) is 25.0 Å². The van der Waals surface area contributed by atoms with Gasteiger partial charge in [0.2, 0.25) is 11.8 Å². The second kappa shape index (κ2) is 10.8. The summed E-state index contributed by atoms with van der Waals surface area (Å²) in [5, 5.41) is 5.62. The zero-order valence-corrected chi connectivity index (χ0v) is 18.6. The molecule has 0 spiro atoms. The number of cyclic esters (lactones) is 1. The van der Waals surface area contributed by atoms with Crippen molar-refractivity contribution in [2.24, 2.45) is 0 Å². The highest BCUT2D eigenvalue weighted by atomic mass is 16.6. The highest BCUT2D eigenvalue weighted by Crippen LogP contribution is 2.35. The van der Waals surface area contributed by atoms with Crippen molar-refractivity contribution in [1.82, 2.24) is 10.2 Å². The monoisotopic (exact) mass is 439 g/mol. The Balaban J connectivity index is 1.88. The van der Waals surface area contributed by atoms with Crippen LogP contribution in [0.3, 0.4) is 0 Å². The molecular formula is C24H29N3O5. The molecular weight excluding hydrogens is 410 g/mol. The van der Waals surface area contributed by atoms with E-state index in [0.717, 1.165) is 17.5 Å². The summed E-state index contributed by atoms with van der Waals surface area (Å²) in [6.07, 6.45) is -0.582. The molecule has 2 atom stereocenters. The first-order valence-corrected chi connectivity index (χ1v) is 10.6. The third-order valence-corrected chi connectivity index (χ3v) is 5.15. The summed E-state index contributed by atoms with van der Waals surface area (Å²) >= 11 is 0. The van der Waals surface area contributed by atoms with Gasteiger partial charge in [0.05, 0.1) is 6.54 Å². The number of hydrogen-bond donors (Lipinski definition) is 2. The van der Waals surface area contributed by atoms with Crippen LogP contribution in [0.2, 0.25) is 0 Å². The van der Waals surface area contributed by atoms with Gasteiger partial charge in [0.25, 0.3) is 0 Å². The van der Waals surface area contributed by atoms with E-state index in [2.05, 4.69) is 10.6 Å². The van der Waals surface area contributed by atoms with Gasteiger partial charge in [-0.2, -0.15) is 0 Å². The number of carbonyl (C=O) groups is 3. The third kappa shape index (κ3) is 5.64. The highest BCUT2D eigenvalue weighted by Gasteiger charge is 2.46. The standard InChI is InChI=1S/C24H29N3O5/c1-4-12-25-23(29)21-22(18-6-5-7-19(13-18)26-20(28)15-31-3)32-24(30)27(21)14-17-10-8-16(2)9-11-17/h5-11,13,21-22H,4,12,14-15H2,1-3H3,(H,25,29)(H,26,28)/t21-,22+/m1/s1. The van der Waals surface area contributed by atoms with Gasteiger partial charge in [0, 0.05) is 19.3 Å². The van der Waals surface area contributed by atoms with Crippen molar-refractivity contribution in [1.29, 1.82) is 0 Å². The van der Waals surface area contributed by atoms with E-state index >= 15 is 0 Å². The summed E-state index contributed by atoms with van der Waals surface area (Å²) in [6.45, 7) is 4.63. The maximum Gasteiger partial charge on any atom is 0.411 e. The first kappa shape index (κ1) is 23.3. The number of carbonyl (C=O) groups excluding carboxylic acids is 3. The van der Waals surface area contributed by atoms with Crippen LogP contribution in [0, 0.1) is 6.92 Å². The highest BCUT2D eigenvalue weighted by molar-refractivity contribution is 5.92. The number of ether oxygens (including phenoxy) is 2. The van der Waals surface area contributed by atoms with Crippen LogP contribution in [-0.2, 0) is 25.6 Å². The molecule has 0 saturated carbocycles. The molecule has 0 aliphatic carbocycles. The fourth-order valence-electron chi connectivity index (χ4n) is 3.57. The predicted molar refractivity (Wildman–Crippen MR) is 120 cm³/mol. The van der Waals surface area contributed by atoms with Crippen LogP contribution < -0.4 is 10.6 Å². The van der Waals surface area contributed by atoms with E-state index < -0.39 is 18.2 Å². The Morgan fingerprint density at radius 3 is 2.59 bits per heavy atom. The van der Waals surface area contributed by atoms with Crippen LogP contribution in [0.4, 0.5) is 10.5 Å². The van der Waals surface area contributed by atoms with Crippen LogP contribution >= 0.6 is 0 Å². The van der Waals surface area contributed by atoms with E-state index in [1.165, 1.54) is 12.0 Å². The summed E-state index contributed by atoms with van der Waals surface area (Å²) in [7, 11) is 1.44. The average Bonchev–Trinajstić information content (AvgIpc) is 3.10. The zero-order valence-electron chi connectivity index (χ0n) is 18.6. The van der Waals surface area contributed by atoms with Gasteiger partial charge in [-0.05, 0) is 36.6 Å². The number of benzene rings is 2. The number of anilines is 1. The summed E-state index contributed by atoms with van der Waals surface area (Å²) in [5.41, 5.74) is 3.17. The van der Waals surface area contributed by atoms with Crippen molar-refractivity contribution in [3.63, 3.8) is 0 Å². The van der Waals surface area contributed by atoms with Gasteiger partial charge in [0.15, 0.2) is 12.1 Å². The smallest absolute Gasteiger partial charge is 0.411 e. The molecule has 8 heteroatoms. The summed E-state index contributed by atoms with van der Waals surface area (Å²) in [5.74, 6) is -0.574. The molecule has 1 fully saturated rings. The largest absolute Gasteiger partial charge is 0.438 e. The second-order valence-corrected chi connectivity index (χ2v) is 7.76. The quantitative estimate of drug-likeness (QED) is 0.626. The van der Waals surface area contributed by atoms with Gasteiger partial charge in [-0.25, -0.2) is 4.79 Å². The van der Waals surface area contributed by atoms with Crippen LogP contribution in [0.15, 0.2) is 48.5 Å². The zero-order chi connectivity index (χ0) is 23.1. The number of hydrogen-bond acceptors (Lipinski definition) is 5. The van der Waals surface area contributed by atoms with Crippen LogP contribution in [-0.4, -0.2) is 49.1 Å². The molecule has 1 aliphatic rings. The van der Waals surface area contributed by atoms with Gasteiger partial charge < -0.3 is 20.1 Å². The topological polar surface area (TPSA) is 97.0 Å². The van der Waals surface area contributed by atoms with Gasteiger partial charge >= 0.3 is 6.09 Å². The Labute approximate surface area is 187 Å². The fraction of sp³-hybridized carbons (Fsp3) is 0.375. The fourth-order valence-corrected chi connectivity index (χ4v) is 3.57. The summed E-state index contributed by atoms with van der Waals surface area (Å²) < 4.78 is 10.5. The van der Waals surface area contributed by atoms with Crippen LogP contribution in [0.25, 0.3) is 0 Å². The molecule has 170 valence electrons. The lowest BCUT2D eigenvalue weighted by Gasteiger charge is -2.24. The molecule has 3 amide bonds. The third-order valence-electron chi connectivity index (χ3n) is 5.15. The molecule has 8 nitrogen and oxygen atoms in total. The van der Waals surface area contributed by atoms with Crippen molar-refractivity contribution in [3.05, 3.63) is 65.2 Å². The van der Waals surface area contributed by atoms with E-state index in [4.69, 9.17) is 9.47 Å². The Morgan fingerprint density at radius 2 is 1.91 bits per heavy atom. The number of nitrogens with zero attached hydrogens (tertiary/aromatic N) is 1. The van der Waals surface area contributed by atoms with Crippen molar-refractivity contribution in [2.45, 2.75) is 39.0 Å². The first-order chi connectivity index (χ1) is 15.4. The Hall–Kier alpha value is -3.39. The molecule has 32 heavy (non-hydrogen) atoms. The lowest BCUT2D eigenvalue weighted by molar-refractivity contribution is -0.126. The number of aryl methyl sites for hydroxylation is 1. The molecule has 0 unspecified atom stereocenters.